The topological polar surface area (TPSA) is 83.5 Å². The number of aliphatic hydroxyl groups is 1. The van der Waals surface area contributed by atoms with Crippen molar-refractivity contribution in [2.24, 2.45) is 11.8 Å². The monoisotopic (exact) mass is 539 g/mol. The van der Waals surface area contributed by atoms with E-state index in [2.05, 4.69) is 20.4 Å². The number of halogens is 6. The van der Waals surface area contributed by atoms with Crippen LogP contribution >= 0.6 is 11.3 Å². The zero-order valence-corrected chi connectivity index (χ0v) is 20.6. The van der Waals surface area contributed by atoms with Gasteiger partial charge in [-0.3, -0.25) is 10.1 Å². The highest BCUT2D eigenvalue weighted by Gasteiger charge is 2.42. The minimum atomic E-state index is -4.97. The van der Waals surface area contributed by atoms with Gasteiger partial charge in [-0.05, 0) is 49.8 Å². The highest BCUT2D eigenvalue weighted by atomic mass is 32.1. The molecule has 1 aliphatic rings. The lowest BCUT2D eigenvalue weighted by atomic mass is 10.0. The number of benzene rings is 1. The van der Waals surface area contributed by atoms with Crippen LogP contribution in [0.4, 0.5) is 26.3 Å². The van der Waals surface area contributed by atoms with Gasteiger partial charge in [0.2, 0.25) is 0 Å². The van der Waals surface area contributed by atoms with Gasteiger partial charge < -0.3 is 15.2 Å². The fourth-order valence-corrected chi connectivity index (χ4v) is 4.67. The number of nitrogens with zero attached hydrogens (tertiary/aromatic N) is 1. The first kappa shape index (κ1) is 28.2. The standard InChI is InChI=1S/C23H27F6N3O3S/c1-12(9-14-7-8-14)11-30-21(3,34)20-32-18(22(24,25)26)17(36-20)19(33)31-13(2)15-5-4-6-16(10-15)35-23(27,28)29/h4-6,10,12-14,30,34H,7-9,11H2,1-3H3,(H,31,33). The second-order valence-corrected chi connectivity index (χ2v) is 10.2. The van der Waals surface area contributed by atoms with Gasteiger partial charge in [-0.15, -0.1) is 24.5 Å². The predicted octanol–water partition coefficient (Wildman–Crippen LogP) is 5.74. The van der Waals surface area contributed by atoms with Crippen LogP contribution in [0.1, 0.15) is 72.0 Å². The van der Waals surface area contributed by atoms with Gasteiger partial charge in [0.05, 0.1) is 6.04 Å². The Labute approximate surface area is 208 Å². The van der Waals surface area contributed by atoms with Gasteiger partial charge in [-0.25, -0.2) is 4.98 Å². The number of carbonyl (C=O) groups is 1. The summed E-state index contributed by atoms with van der Waals surface area (Å²) in [6.07, 6.45) is -6.65. The van der Waals surface area contributed by atoms with Crippen LogP contribution in [0.15, 0.2) is 24.3 Å². The molecule has 13 heteroatoms. The molecule has 6 nitrogen and oxygen atoms in total. The van der Waals surface area contributed by atoms with Gasteiger partial charge in [0.1, 0.15) is 15.6 Å². The van der Waals surface area contributed by atoms with Crippen LogP contribution in [-0.2, 0) is 11.9 Å². The maximum atomic E-state index is 13.7. The quantitative estimate of drug-likeness (QED) is 0.265. The Morgan fingerprint density at radius 2 is 1.89 bits per heavy atom. The Kier molecular flexibility index (Phi) is 8.26. The zero-order valence-electron chi connectivity index (χ0n) is 19.8. The van der Waals surface area contributed by atoms with Crippen molar-refractivity contribution < 1.29 is 41.0 Å². The average molecular weight is 540 g/mol. The van der Waals surface area contributed by atoms with Crippen molar-refractivity contribution in [2.75, 3.05) is 6.54 Å². The fraction of sp³-hybridized carbons (Fsp3) is 0.565. The van der Waals surface area contributed by atoms with E-state index in [0.29, 0.717) is 23.8 Å². The van der Waals surface area contributed by atoms with Gasteiger partial charge in [-0.2, -0.15) is 13.2 Å². The molecule has 3 rings (SSSR count). The Morgan fingerprint density at radius 3 is 2.47 bits per heavy atom. The predicted molar refractivity (Wildman–Crippen MR) is 120 cm³/mol. The molecule has 0 aliphatic heterocycles. The maximum Gasteiger partial charge on any atom is 0.573 e. The summed E-state index contributed by atoms with van der Waals surface area (Å²) in [6.45, 7) is 4.99. The molecule has 1 aromatic carbocycles. The van der Waals surface area contributed by atoms with Gasteiger partial charge in [-0.1, -0.05) is 31.9 Å². The van der Waals surface area contributed by atoms with E-state index in [1.807, 2.05) is 6.92 Å². The number of hydrogen-bond acceptors (Lipinski definition) is 6. The molecule has 1 saturated carbocycles. The average Bonchev–Trinajstić information content (AvgIpc) is 3.42. The lowest BCUT2D eigenvalue weighted by Crippen LogP contribution is -2.41. The Morgan fingerprint density at radius 1 is 1.22 bits per heavy atom. The summed E-state index contributed by atoms with van der Waals surface area (Å²) in [5.74, 6) is -0.831. The largest absolute Gasteiger partial charge is 0.573 e. The first-order valence-electron chi connectivity index (χ1n) is 11.3. The molecule has 1 fully saturated rings. The van der Waals surface area contributed by atoms with Crippen LogP contribution < -0.4 is 15.4 Å². The second-order valence-electron chi connectivity index (χ2n) is 9.25. The molecular formula is C23H27F6N3O3S. The number of rotatable bonds is 10. The number of ether oxygens (including phenoxy) is 1. The van der Waals surface area contributed by atoms with Crippen molar-refractivity contribution in [3.63, 3.8) is 0 Å². The van der Waals surface area contributed by atoms with Crippen molar-refractivity contribution >= 4 is 17.2 Å². The molecule has 1 aliphatic carbocycles. The minimum Gasteiger partial charge on any atom is -0.406 e. The number of thiazole rings is 1. The van der Waals surface area contributed by atoms with Gasteiger partial charge in [0.15, 0.2) is 11.4 Å². The SMILES string of the molecule is CC(CNC(C)(O)c1nc(C(F)(F)F)c(C(=O)NC(C)c2cccc(OC(F)(F)F)c2)s1)CC1CC1. The summed E-state index contributed by atoms with van der Waals surface area (Å²) in [6, 6.07) is 3.79. The van der Waals surface area contributed by atoms with Crippen molar-refractivity contribution in [1.29, 1.82) is 0 Å². The molecule has 36 heavy (non-hydrogen) atoms. The molecule has 0 bridgehead atoms. The Bertz CT molecular complexity index is 1070. The summed E-state index contributed by atoms with van der Waals surface area (Å²) in [5, 5.41) is 15.6. The third-order valence-electron chi connectivity index (χ3n) is 5.68. The van der Waals surface area contributed by atoms with Crippen LogP contribution in [0.5, 0.6) is 5.75 Å². The number of amides is 1. The van der Waals surface area contributed by atoms with Crippen molar-refractivity contribution in [1.82, 2.24) is 15.6 Å². The Balaban J connectivity index is 1.77. The summed E-state index contributed by atoms with van der Waals surface area (Å²) in [7, 11) is 0. The number of alkyl halides is 6. The van der Waals surface area contributed by atoms with Crippen LogP contribution in [0, 0.1) is 11.8 Å². The van der Waals surface area contributed by atoms with Gasteiger partial charge >= 0.3 is 12.5 Å². The Hall–Kier alpha value is -2.38. The third-order valence-corrected chi connectivity index (χ3v) is 6.95. The van der Waals surface area contributed by atoms with E-state index >= 15 is 0 Å². The molecule has 0 saturated heterocycles. The lowest BCUT2D eigenvalue weighted by molar-refractivity contribution is -0.274. The molecule has 0 radical (unpaired) electrons. The van der Waals surface area contributed by atoms with Crippen molar-refractivity contribution in [2.45, 2.75) is 64.3 Å². The molecular weight excluding hydrogens is 512 g/mol. The summed E-state index contributed by atoms with van der Waals surface area (Å²) < 4.78 is 82.4. The normalized spacial score (nSPS) is 17.8. The van der Waals surface area contributed by atoms with Gasteiger partial charge in [0, 0.05) is 6.54 Å². The molecule has 3 atom stereocenters. The van der Waals surface area contributed by atoms with E-state index in [1.54, 1.807) is 0 Å². The molecule has 3 unspecified atom stereocenters. The number of nitrogens with one attached hydrogen (secondary N) is 2. The first-order chi connectivity index (χ1) is 16.5. The molecule has 200 valence electrons. The molecule has 2 aromatic rings. The highest BCUT2D eigenvalue weighted by Crippen LogP contribution is 2.38. The van der Waals surface area contributed by atoms with E-state index in [9.17, 15) is 36.2 Å². The van der Waals surface area contributed by atoms with E-state index in [0.717, 1.165) is 31.4 Å². The highest BCUT2D eigenvalue weighted by molar-refractivity contribution is 7.14. The van der Waals surface area contributed by atoms with Crippen LogP contribution in [0.25, 0.3) is 0 Å². The summed E-state index contributed by atoms with van der Waals surface area (Å²) >= 11 is 0.398. The number of hydrogen-bond donors (Lipinski definition) is 3. The van der Waals surface area contributed by atoms with E-state index in [4.69, 9.17) is 0 Å². The molecule has 1 amide bonds. The van der Waals surface area contributed by atoms with Crippen LogP contribution in [-0.4, -0.2) is 28.9 Å². The van der Waals surface area contributed by atoms with Crippen LogP contribution in [0.3, 0.4) is 0 Å². The number of carbonyl (C=O) groups excluding carboxylic acids is 1. The summed E-state index contributed by atoms with van der Waals surface area (Å²) in [5.41, 5.74) is -3.17. The third kappa shape index (κ3) is 7.81. The lowest BCUT2D eigenvalue weighted by Gasteiger charge is -2.24. The smallest absolute Gasteiger partial charge is 0.406 e. The van der Waals surface area contributed by atoms with E-state index in [-0.39, 0.29) is 16.5 Å². The maximum absolute atomic E-state index is 13.7. The van der Waals surface area contributed by atoms with Crippen molar-refractivity contribution in [3.8, 4) is 5.75 Å². The number of aromatic nitrogens is 1. The first-order valence-corrected chi connectivity index (χ1v) is 12.1. The minimum absolute atomic E-state index is 0.182. The summed E-state index contributed by atoms with van der Waals surface area (Å²) in [4.78, 5) is 15.6. The zero-order chi connectivity index (χ0) is 26.9. The van der Waals surface area contributed by atoms with E-state index < -0.39 is 46.5 Å². The fourth-order valence-electron chi connectivity index (χ4n) is 3.66. The molecule has 1 aromatic heterocycles. The molecule has 3 N–H and O–H groups in total. The van der Waals surface area contributed by atoms with Crippen LogP contribution in [0.2, 0.25) is 0 Å². The second kappa shape index (κ2) is 10.5. The van der Waals surface area contributed by atoms with E-state index in [1.165, 1.54) is 26.0 Å². The molecule has 1 heterocycles. The molecule has 0 spiro atoms. The van der Waals surface area contributed by atoms with Crippen molar-refractivity contribution in [3.05, 3.63) is 45.4 Å². The van der Waals surface area contributed by atoms with Gasteiger partial charge in [0.25, 0.3) is 5.91 Å².